The minimum absolute atomic E-state index is 0.113. The molecule has 0 amide bonds. The molecule has 2 atom stereocenters. The van der Waals surface area contributed by atoms with Crippen molar-refractivity contribution in [2.75, 3.05) is 13.7 Å². The summed E-state index contributed by atoms with van der Waals surface area (Å²) in [6.07, 6.45) is 0.523. The largest absolute Gasteiger partial charge is 0.494 e. The number of rotatable bonds is 5. The van der Waals surface area contributed by atoms with Crippen molar-refractivity contribution in [1.82, 2.24) is 5.01 Å². The Labute approximate surface area is 174 Å². The predicted octanol–water partition coefficient (Wildman–Crippen LogP) is 5.40. The van der Waals surface area contributed by atoms with Crippen molar-refractivity contribution >= 4 is 17.0 Å². The van der Waals surface area contributed by atoms with E-state index in [4.69, 9.17) is 19.3 Å². The lowest BCUT2D eigenvalue weighted by Gasteiger charge is -2.38. The van der Waals surface area contributed by atoms with E-state index in [2.05, 4.69) is 28.6 Å². The summed E-state index contributed by atoms with van der Waals surface area (Å²) in [7, 11) is 1.68. The van der Waals surface area contributed by atoms with Gasteiger partial charge in [-0.1, -0.05) is 18.2 Å². The zero-order chi connectivity index (χ0) is 19.8. The van der Waals surface area contributed by atoms with Gasteiger partial charge in [-0.25, -0.2) is 5.01 Å². The van der Waals surface area contributed by atoms with Crippen molar-refractivity contribution < 1.29 is 14.2 Å². The Morgan fingerprint density at radius 3 is 2.72 bits per heavy atom. The van der Waals surface area contributed by atoms with Crippen LogP contribution in [0.1, 0.15) is 41.6 Å². The van der Waals surface area contributed by atoms with Crippen LogP contribution in [0.4, 0.5) is 0 Å². The first-order valence-corrected chi connectivity index (χ1v) is 10.6. The molecule has 6 heteroatoms. The van der Waals surface area contributed by atoms with Gasteiger partial charge in [0.25, 0.3) is 0 Å². The Hall–Kier alpha value is -2.99. The van der Waals surface area contributed by atoms with E-state index in [1.807, 2.05) is 43.3 Å². The zero-order valence-corrected chi connectivity index (χ0v) is 17.2. The fraction of sp³-hybridized carbons (Fsp3) is 0.261. The Morgan fingerprint density at radius 1 is 1.14 bits per heavy atom. The predicted molar refractivity (Wildman–Crippen MR) is 114 cm³/mol. The molecule has 2 aliphatic heterocycles. The van der Waals surface area contributed by atoms with E-state index in [1.165, 1.54) is 4.88 Å². The second kappa shape index (κ2) is 7.44. The van der Waals surface area contributed by atoms with E-state index in [0.29, 0.717) is 6.61 Å². The van der Waals surface area contributed by atoms with Gasteiger partial charge < -0.3 is 14.2 Å². The second-order valence-corrected chi connectivity index (χ2v) is 7.92. The van der Waals surface area contributed by atoms with Crippen LogP contribution in [-0.2, 0) is 0 Å². The Balaban J connectivity index is 1.57. The molecule has 0 unspecified atom stereocenters. The first-order valence-electron chi connectivity index (χ1n) is 9.74. The maximum absolute atomic E-state index is 6.48. The molecule has 0 saturated carbocycles. The molecule has 2 aromatic carbocycles. The van der Waals surface area contributed by atoms with E-state index < -0.39 is 0 Å². The average molecular weight is 407 g/mol. The van der Waals surface area contributed by atoms with Crippen molar-refractivity contribution in [3.8, 4) is 17.2 Å². The first kappa shape index (κ1) is 18.1. The number of methoxy groups -OCH3 is 1. The number of hydrogen-bond acceptors (Lipinski definition) is 6. The smallest absolute Gasteiger partial charge is 0.214 e. The summed E-state index contributed by atoms with van der Waals surface area (Å²) in [5.74, 6) is 2.41. The van der Waals surface area contributed by atoms with E-state index in [-0.39, 0.29) is 12.3 Å². The number of hydrazone groups is 1. The van der Waals surface area contributed by atoms with Crippen molar-refractivity contribution in [1.29, 1.82) is 0 Å². The number of nitrogens with zero attached hydrogens (tertiary/aromatic N) is 2. The summed E-state index contributed by atoms with van der Waals surface area (Å²) >= 11 is 1.72. The van der Waals surface area contributed by atoms with Gasteiger partial charge in [0.05, 0.1) is 30.3 Å². The number of fused-ring (bicyclic) bond motifs is 3. The molecule has 5 rings (SSSR count). The highest BCUT2D eigenvalue weighted by Crippen LogP contribution is 2.50. The Bertz CT molecular complexity index is 1030. The summed E-state index contributed by atoms with van der Waals surface area (Å²) < 4.78 is 17.7. The maximum atomic E-state index is 6.48. The third kappa shape index (κ3) is 3.13. The van der Waals surface area contributed by atoms with Crippen LogP contribution in [0.5, 0.6) is 17.2 Å². The van der Waals surface area contributed by atoms with Crippen LogP contribution in [0.15, 0.2) is 65.1 Å². The van der Waals surface area contributed by atoms with E-state index in [0.717, 1.165) is 40.5 Å². The van der Waals surface area contributed by atoms with Gasteiger partial charge in [0.15, 0.2) is 11.5 Å². The van der Waals surface area contributed by atoms with Gasteiger partial charge >= 0.3 is 0 Å². The van der Waals surface area contributed by atoms with Crippen LogP contribution in [0, 0.1) is 0 Å². The highest BCUT2D eigenvalue weighted by molar-refractivity contribution is 7.12. The van der Waals surface area contributed by atoms with Gasteiger partial charge in [0.1, 0.15) is 5.75 Å². The zero-order valence-electron chi connectivity index (χ0n) is 16.4. The van der Waals surface area contributed by atoms with Crippen LogP contribution in [0.2, 0.25) is 0 Å². The van der Waals surface area contributed by atoms with Crippen LogP contribution in [0.3, 0.4) is 0 Å². The molecule has 0 spiro atoms. The highest BCUT2D eigenvalue weighted by Gasteiger charge is 2.42. The molecule has 5 nitrogen and oxygen atoms in total. The van der Waals surface area contributed by atoms with Crippen molar-refractivity contribution in [3.63, 3.8) is 0 Å². The molecule has 0 saturated heterocycles. The minimum Gasteiger partial charge on any atom is -0.494 e. The fourth-order valence-corrected chi connectivity index (χ4v) is 4.67. The number of ether oxygens (including phenoxy) is 3. The molecule has 0 aliphatic carbocycles. The van der Waals surface area contributed by atoms with E-state index in [9.17, 15) is 0 Å². The standard InChI is InChI=1S/C23H22N2O3S/c1-3-27-16-11-9-15(10-12-16)23-25-19(14-18(24-25)21-8-5-13-29-21)17-6-4-7-20(26-2)22(17)28-23/h4-13,19,23H,3,14H2,1-2H3/t19-,23-/m1/s1. The number of hydrogen-bond donors (Lipinski definition) is 0. The van der Waals surface area contributed by atoms with Crippen LogP contribution >= 0.6 is 11.3 Å². The topological polar surface area (TPSA) is 43.3 Å². The fourth-order valence-electron chi connectivity index (χ4n) is 3.95. The lowest BCUT2D eigenvalue weighted by atomic mass is 9.97. The molecular formula is C23H22N2O3S. The second-order valence-electron chi connectivity index (χ2n) is 6.97. The van der Waals surface area contributed by atoms with Crippen molar-refractivity contribution in [2.24, 2.45) is 5.10 Å². The van der Waals surface area contributed by atoms with Gasteiger partial charge in [0, 0.05) is 17.5 Å². The van der Waals surface area contributed by atoms with Gasteiger partial charge in [-0.3, -0.25) is 0 Å². The number of thiophene rings is 1. The maximum Gasteiger partial charge on any atom is 0.214 e. The number of para-hydroxylation sites is 1. The third-order valence-electron chi connectivity index (χ3n) is 5.28. The lowest BCUT2D eigenvalue weighted by Crippen LogP contribution is -2.33. The van der Waals surface area contributed by atoms with Crippen molar-refractivity contribution in [3.05, 3.63) is 76.0 Å². The molecule has 1 aromatic heterocycles. The molecule has 0 fully saturated rings. The summed E-state index contributed by atoms with van der Waals surface area (Å²) in [5.41, 5.74) is 3.24. The summed E-state index contributed by atoms with van der Waals surface area (Å²) in [6, 6.07) is 18.4. The minimum atomic E-state index is -0.322. The highest BCUT2D eigenvalue weighted by atomic mass is 32.1. The summed E-state index contributed by atoms with van der Waals surface area (Å²) in [4.78, 5) is 1.20. The van der Waals surface area contributed by atoms with E-state index >= 15 is 0 Å². The molecule has 148 valence electrons. The molecule has 29 heavy (non-hydrogen) atoms. The quantitative estimate of drug-likeness (QED) is 0.569. The van der Waals surface area contributed by atoms with Crippen LogP contribution in [0.25, 0.3) is 0 Å². The Kier molecular flexibility index (Phi) is 4.64. The molecule has 3 heterocycles. The third-order valence-corrected chi connectivity index (χ3v) is 6.20. The molecular weight excluding hydrogens is 384 g/mol. The molecule has 2 aliphatic rings. The first-order chi connectivity index (χ1) is 14.3. The van der Waals surface area contributed by atoms with Gasteiger partial charge in [-0.05, 0) is 48.7 Å². The summed E-state index contributed by atoms with van der Waals surface area (Å²) in [5, 5.41) is 9.17. The van der Waals surface area contributed by atoms with Gasteiger partial charge in [-0.15, -0.1) is 11.3 Å². The SMILES string of the molecule is CCOc1ccc([C@H]2Oc3c(OC)cccc3[C@H]3CC(c4cccs4)=NN32)cc1. The molecule has 0 radical (unpaired) electrons. The van der Waals surface area contributed by atoms with E-state index in [1.54, 1.807) is 18.4 Å². The van der Waals surface area contributed by atoms with Gasteiger partial charge in [-0.2, -0.15) is 5.10 Å². The normalized spacial score (nSPS) is 19.8. The van der Waals surface area contributed by atoms with Gasteiger partial charge in [0.2, 0.25) is 6.23 Å². The monoisotopic (exact) mass is 406 g/mol. The molecule has 0 bridgehead atoms. The average Bonchev–Trinajstić information content (AvgIpc) is 3.43. The number of benzene rings is 2. The van der Waals surface area contributed by atoms with Crippen LogP contribution < -0.4 is 14.2 Å². The van der Waals surface area contributed by atoms with Crippen molar-refractivity contribution in [2.45, 2.75) is 25.6 Å². The lowest BCUT2D eigenvalue weighted by molar-refractivity contribution is -0.0209. The molecule has 0 N–H and O–H groups in total. The van der Waals surface area contributed by atoms with Crippen LogP contribution in [-0.4, -0.2) is 24.4 Å². The summed E-state index contributed by atoms with van der Waals surface area (Å²) in [6.45, 7) is 2.63. The molecule has 3 aromatic rings. The Morgan fingerprint density at radius 2 is 2.00 bits per heavy atom.